The van der Waals surface area contributed by atoms with Crippen LogP contribution in [-0.4, -0.2) is 47.9 Å². The number of nitrogen functional groups attached to an aromatic ring is 1. The zero-order chi connectivity index (χ0) is 28.2. The normalized spacial score (nSPS) is 39.9. The van der Waals surface area contributed by atoms with Gasteiger partial charge in [0.05, 0.1) is 12.2 Å². The van der Waals surface area contributed by atoms with E-state index in [1.165, 1.54) is 18.6 Å². The van der Waals surface area contributed by atoms with Crippen LogP contribution >= 0.6 is 0 Å². The Morgan fingerprint density at radius 3 is 2.74 bits per heavy atom. The van der Waals surface area contributed by atoms with Crippen LogP contribution in [0.1, 0.15) is 59.8 Å². The number of aliphatic hydroxyl groups is 1. The van der Waals surface area contributed by atoms with Gasteiger partial charge in [0.2, 0.25) is 5.78 Å². The molecular weight excluding hydrogens is 501 g/mol. The number of hydrogen-bond donors (Lipinski definition) is 2. The molecular formula is C31H40FNO6. The van der Waals surface area contributed by atoms with E-state index in [2.05, 4.69) is 20.8 Å². The molecule has 1 aromatic carbocycles. The Labute approximate surface area is 229 Å². The molecule has 0 spiro atoms. The van der Waals surface area contributed by atoms with Gasteiger partial charge in [-0.15, -0.1) is 0 Å². The number of aliphatic hydroxyl groups excluding tert-OH is 1. The van der Waals surface area contributed by atoms with Crippen molar-refractivity contribution in [3.05, 3.63) is 47.8 Å². The fourth-order valence-corrected chi connectivity index (χ4v) is 8.41. The molecule has 1 aliphatic heterocycles. The first-order valence-corrected chi connectivity index (χ1v) is 14.1. The van der Waals surface area contributed by atoms with E-state index in [0.29, 0.717) is 12.8 Å². The molecule has 3 N–H and O–H groups in total. The van der Waals surface area contributed by atoms with E-state index < -0.39 is 34.5 Å². The predicted molar refractivity (Wildman–Crippen MR) is 144 cm³/mol. The molecule has 0 radical (unpaired) electrons. The highest BCUT2D eigenvalue weighted by Crippen LogP contribution is 2.69. The number of nitrogens with two attached hydrogens (primary N) is 1. The molecule has 212 valence electrons. The predicted octanol–water partition coefficient (Wildman–Crippen LogP) is 4.77. The maximum atomic E-state index is 14.3. The van der Waals surface area contributed by atoms with E-state index in [1.54, 1.807) is 12.2 Å². The lowest BCUT2D eigenvalue weighted by Gasteiger charge is -2.59. The summed E-state index contributed by atoms with van der Waals surface area (Å²) in [6.45, 7) is 8.02. The van der Waals surface area contributed by atoms with E-state index >= 15 is 0 Å². The number of anilines is 1. The van der Waals surface area contributed by atoms with Gasteiger partial charge in [-0.1, -0.05) is 45.8 Å². The van der Waals surface area contributed by atoms with Gasteiger partial charge in [-0.3, -0.25) is 9.59 Å². The molecule has 4 fully saturated rings. The molecule has 5 aliphatic rings. The number of ketones is 2. The van der Waals surface area contributed by atoms with Gasteiger partial charge >= 0.3 is 0 Å². The second-order valence-corrected chi connectivity index (χ2v) is 12.2. The summed E-state index contributed by atoms with van der Waals surface area (Å²) in [6, 6.07) is 4.08. The van der Waals surface area contributed by atoms with Crippen LogP contribution in [0.25, 0.3) is 0 Å². The van der Waals surface area contributed by atoms with Gasteiger partial charge in [0, 0.05) is 28.5 Å². The first kappa shape index (κ1) is 28.0. The van der Waals surface area contributed by atoms with Crippen molar-refractivity contribution in [2.45, 2.75) is 77.6 Å². The third-order valence-electron chi connectivity index (χ3n) is 9.94. The first-order chi connectivity index (χ1) is 18.5. The van der Waals surface area contributed by atoms with Crippen molar-refractivity contribution in [1.82, 2.24) is 0 Å². The Morgan fingerprint density at radius 2 is 2.03 bits per heavy atom. The SMILES string of the molecule is CC12CC(O)C3C(CCC4=CC(=O)C=C[C@]43C)C1CC1OCOC12C(=O)COc1ccc(N)cc1F.CCC. The maximum Gasteiger partial charge on any atom is 0.205 e. The summed E-state index contributed by atoms with van der Waals surface area (Å²) in [5.41, 5.74) is 4.61. The number of fused-ring (bicyclic) bond motifs is 7. The highest BCUT2D eigenvalue weighted by molar-refractivity contribution is 6.01. The minimum absolute atomic E-state index is 0.00431. The van der Waals surface area contributed by atoms with E-state index in [4.69, 9.17) is 19.9 Å². The Kier molecular flexibility index (Phi) is 7.27. The summed E-state index contributed by atoms with van der Waals surface area (Å²) in [7, 11) is 0. The number of Topliss-reactive ketones (excluding diaryl/α,β-unsaturated/α-hetero) is 1. The molecule has 8 heteroatoms. The van der Waals surface area contributed by atoms with Crippen molar-refractivity contribution in [2.24, 2.45) is 28.6 Å². The lowest BCUT2D eigenvalue weighted by atomic mass is 9.46. The van der Waals surface area contributed by atoms with Crippen LogP contribution in [0.2, 0.25) is 0 Å². The Bertz CT molecular complexity index is 1210. The minimum atomic E-state index is -1.27. The largest absolute Gasteiger partial charge is 0.483 e. The van der Waals surface area contributed by atoms with Gasteiger partial charge in [0.15, 0.2) is 23.0 Å². The number of allylic oxidation sites excluding steroid dienone is 4. The quantitative estimate of drug-likeness (QED) is 0.529. The third-order valence-corrected chi connectivity index (χ3v) is 9.94. The fourth-order valence-electron chi connectivity index (χ4n) is 8.41. The smallest absolute Gasteiger partial charge is 0.205 e. The van der Waals surface area contributed by atoms with Crippen LogP contribution in [0.15, 0.2) is 42.0 Å². The van der Waals surface area contributed by atoms with Crippen LogP contribution in [0.3, 0.4) is 0 Å². The average molecular weight is 542 g/mol. The molecule has 7 nitrogen and oxygen atoms in total. The molecule has 0 amide bonds. The topological polar surface area (TPSA) is 108 Å². The third kappa shape index (κ3) is 4.18. The summed E-state index contributed by atoms with van der Waals surface area (Å²) in [4.78, 5) is 25.9. The van der Waals surface area contributed by atoms with E-state index in [-0.39, 0.29) is 54.2 Å². The zero-order valence-electron chi connectivity index (χ0n) is 23.2. The molecule has 7 unspecified atom stereocenters. The number of carbonyl (C=O) groups excluding carboxylic acids is 2. The van der Waals surface area contributed by atoms with Crippen molar-refractivity contribution in [2.75, 3.05) is 19.1 Å². The Hall–Kier alpha value is -2.55. The van der Waals surface area contributed by atoms with E-state index in [0.717, 1.165) is 24.5 Å². The summed E-state index contributed by atoms with van der Waals surface area (Å²) in [5, 5.41) is 11.6. The van der Waals surface area contributed by atoms with Gasteiger partial charge in [-0.25, -0.2) is 4.39 Å². The van der Waals surface area contributed by atoms with Crippen LogP contribution < -0.4 is 10.5 Å². The monoisotopic (exact) mass is 541 g/mol. The summed E-state index contributed by atoms with van der Waals surface area (Å²) < 4.78 is 32.0. The standard InChI is InChI=1S/C28H32FNO6.C3H8/c1-26-8-7-17(31)9-15(26)3-5-18-19-11-24-28(36-14-35-24,27(19,2)12-21(32)25(18)26)23(33)13-34-22-6-4-16(30)10-20(22)29;1-3-2/h4,6-10,18-19,21,24-25,32H,3,5,11-14,30H2,1-2H3;3H2,1-2H3/t18?,19?,21?,24?,25?,26-,27?,28?;/m1./s1. The van der Waals surface area contributed by atoms with Crippen molar-refractivity contribution >= 4 is 17.3 Å². The molecule has 1 saturated heterocycles. The van der Waals surface area contributed by atoms with Crippen LogP contribution in [0, 0.1) is 34.4 Å². The molecule has 0 bridgehead atoms. The number of rotatable bonds is 4. The number of carbonyl (C=O) groups is 2. The van der Waals surface area contributed by atoms with Crippen molar-refractivity contribution in [3.8, 4) is 5.75 Å². The Balaban J connectivity index is 0.000000983. The molecule has 39 heavy (non-hydrogen) atoms. The summed E-state index contributed by atoms with van der Waals surface area (Å²) in [5.74, 6) is -0.838. The van der Waals surface area contributed by atoms with Crippen molar-refractivity contribution in [1.29, 1.82) is 0 Å². The van der Waals surface area contributed by atoms with Gasteiger partial charge in [0.25, 0.3) is 0 Å². The maximum absolute atomic E-state index is 14.3. The number of ether oxygens (including phenoxy) is 3. The summed E-state index contributed by atoms with van der Waals surface area (Å²) >= 11 is 0. The number of benzene rings is 1. The second-order valence-electron chi connectivity index (χ2n) is 12.2. The molecule has 1 aromatic rings. The lowest BCUT2D eigenvalue weighted by molar-refractivity contribution is -0.185. The summed E-state index contributed by atoms with van der Waals surface area (Å²) in [6.07, 6.45) is 8.02. The molecule has 6 rings (SSSR count). The first-order valence-electron chi connectivity index (χ1n) is 14.1. The molecule has 1 heterocycles. The van der Waals surface area contributed by atoms with Crippen LogP contribution in [0.4, 0.5) is 10.1 Å². The highest BCUT2D eigenvalue weighted by Gasteiger charge is 2.74. The minimum Gasteiger partial charge on any atom is -0.483 e. The lowest BCUT2D eigenvalue weighted by Crippen LogP contribution is -2.63. The number of halogens is 1. The van der Waals surface area contributed by atoms with Crippen molar-refractivity contribution < 1.29 is 33.3 Å². The molecule has 4 aliphatic carbocycles. The zero-order valence-corrected chi connectivity index (χ0v) is 23.2. The Morgan fingerprint density at radius 1 is 1.28 bits per heavy atom. The fraction of sp³-hybridized carbons (Fsp3) is 0.613. The molecule has 3 saturated carbocycles. The van der Waals surface area contributed by atoms with Crippen LogP contribution in [-0.2, 0) is 19.1 Å². The van der Waals surface area contributed by atoms with Crippen LogP contribution in [0.5, 0.6) is 5.75 Å². The molecule has 8 atom stereocenters. The van der Waals surface area contributed by atoms with Gasteiger partial charge in [-0.2, -0.15) is 0 Å². The van der Waals surface area contributed by atoms with Gasteiger partial charge in [-0.05, 0) is 61.8 Å². The van der Waals surface area contributed by atoms with Crippen molar-refractivity contribution in [3.63, 3.8) is 0 Å². The van der Waals surface area contributed by atoms with E-state index in [1.807, 2.05) is 13.0 Å². The van der Waals surface area contributed by atoms with E-state index in [9.17, 15) is 19.1 Å². The van der Waals surface area contributed by atoms with Gasteiger partial charge in [0.1, 0.15) is 13.4 Å². The second kappa shape index (κ2) is 10.1. The van der Waals surface area contributed by atoms with Gasteiger partial charge < -0.3 is 25.1 Å². The number of hydrogen-bond acceptors (Lipinski definition) is 7. The average Bonchev–Trinajstić information content (AvgIpc) is 3.41. The molecule has 0 aromatic heterocycles. The highest BCUT2D eigenvalue weighted by atomic mass is 19.1.